The molecule has 1 unspecified atom stereocenters. The normalized spacial score (nSPS) is 21.0. The molecule has 3 heterocycles. The van der Waals surface area contributed by atoms with E-state index in [1.54, 1.807) is 0 Å². The molecule has 0 radical (unpaired) electrons. The number of hydrogen-bond acceptors (Lipinski definition) is 6. The summed E-state index contributed by atoms with van der Waals surface area (Å²) in [5.74, 6) is 0.817. The van der Waals surface area contributed by atoms with Crippen molar-refractivity contribution in [1.29, 1.82) is 0 Å². The maximum absolute atomic E-state index is 12.7. The van der Waals surface area contributed by atoms with Gasteiger partial charge in [0, 0.05) is 25.4 Å². The highest BCUT2D eigenvalue weighted by Gasteiger charge is 2.35. The lowest BCUT2D eigenvalue weighted by atomic mass is 9.96. The third-order valence-electron chi connectivity index (χ3n) is 4.66. The fourth-order valence-electron chi connectivity index (χ4n) is 3.28. The van der Waals surface area contributed by atoms with E-state index in [1.807, 2.05) is 35.2 Å². The van der Waals surface area contributed by atoms with Crippen LogP contribution in [0.1, 0.15) is 36.6 Å². The maximum atomic E-state index is 12.7. The minimum atomic E-state index is -0.527. The number of piperidine rings is 1. The quantitative estimate of drug-likeness (QED) is 0.853. The van der Waals surface area contributed by atoms with Crippen LogP contribution in [-0.2, 0) is 9.63 Å². The van der Waals surface area contributed by atoms with Gasteiger partial charge in [-0.2, -0.15) is 0 Å². The lowest BCUT2D eigenvalue weighted by molar-refractivity contribution is -0.143. The van der Waals surface area contributed by atoms with Gasteiger partial charge >= 0.3 is 0 Å². The van der Waals surface area contributed by atoms with Crippen LogP contribution in [0.15, 0.2) is 39.9 Å². The van der Waals surface area contributed by atoms with Gasteiger partial charge in [-0.1, -0.05) is 35.5 Å². The Hall–Kier alpha value is -2.48. The van der Waals surface area contributed by atoms with Crippen LogP contribution in [0.2, 0.25) is 0 Å². The van der Waals surface area contributed by atoms with Crippen molar-refractivity contribution in [2.24, 2.45) is 5.16 Å². The van der Waals surface area contributed by atoms with Gasteiger partial charge in [-0.15, -0.1) is 5.10 Å². The first-order chi connectivity index (χ1) is 12.2. The van der Waals surface area contributed by atoms with Gasteiger partial charge in [0.1, 0.15) is 0 Å². The monoisotopic (exact) mass is 358 g/mol. The number of hydrogen-bond donors (Lipinski definition) is 1. The summed E-state index contributed by atoms with van der Waals surface area (Å²) in [7, 11) is 0. The zero-order valence-electron chi connectivity index (χ0n) is 13.6. The number of rotatable bonds is 3. The highest BCUT2D eigenvalue weighted by atomic mass is 32.1. The Balaban J connectivity index is 1.33. The molecule has 4 rings (SSSR count). The molecule has 1 amide bonds. The lowest BCUT2D eigenvalue weighted by Gasteiger charge is -2.31. The molecule has 0 saturated carbocycles. The van der Waals surface area contributed by atoms with Crippen LogP contribution in [0.25, 0.3) is 0 Å². The molecule has 7 nitrogen and oxygen atoms in total. The minimum Gasteiger partial charge on any atom is -0.414 e. The zero-order valence-corrected chi connectivity index (χ0v) is 14.4. The Bertz CT molecular complexity index is 837. The second-order valence-corrected chi connectivity index (χ2v) is 6.62. The van der Waals surface area contributed by atoms with Crippen molar-refractivity contribution in [3.8, 4) is 0 Å². The number of benzene rings is 1. The predicted octanol–water partition coefficient (Wildman–Crippen LogP) is 2.63. The third-order valence-corrected chi connectivity index (χ3v) is 4.84. The number of amides is 1. The molecule has 0 spiro atoms. The fraction of sp³-hybridized carbons (Fsp3) is 0.412. The number of aromatic amines is 1. The Kier molecular flexibility index (Phi) is 4.35. The molecule has 130 valence electrons. The van der Waals surface area contributed by atoms with E-state index >= 15 is 0 Å². The van der Waals surface area contributed by atoms with Crippen LogP contribution in [0.3, 0.4) is 0 Å². The van der Waals surface area contributed by atoms with E-state index in [2.05, 4.69) is 15.4 Å². The number of carbonyl (C=O) groups excluding carboxylic acids is 1. The Morgan fingerprint density at radius 3 is 2.68 bits per heavy atom. The summed E-state index contributed by atoms with van der Waals surface area (Å²) in [5, 5.41) is 10.8. The van der Waals surface area contributed by atoms with Crippen molar-refractivity contribution in [3.05, 3.63) is 46.6 Å². The molecule has 0 aliphatic carbocycles. The van der Waals surface area contributed by atoms with Gasteiger partial charge in [0.25, 0.3) is 10.7 Å². The van der Waals surface area contributed by atoms with E-state index < -0.39 is 6.10 Å². The molecule has 1 aromatic carbocycles. The molecule has 1 atom stereocenters. The minimum absolute atomic E-state index is 0.00365. The number of likely N-dealkylation sites (tertiary alicyclic amines) is 1. The fourth-order valence-corrected chi connectivity index (χ4v) is 3.41. The second-order valence-electron chi connectivity index (χ2n) is 6.25. The van der Waals surface area contributed by atoms with Crippen molar-refractivity contribution in [1.82, 2.24) is 15.1 Å². The largest absolute Gasteiger partial charge is 0.414 e. The molecule has 1 fully saturated rings. The number of aromatic nitrogens is 2. The average Bonchev–Trinajstić information content (AvgIpc) is 3.31. The number of H-pyrrole nitrogens is 1. The van der Waals surface area contributed by atoms with E-state index in [0.717, 1.165) is 24.1 Å². The molecule has 2 aliphatic rings. The van der Waals surface area contributed by atoms with Gasteiger partial charge in [0.05, 0.1) is 5.71 Å². The molecular formula is C17H18N4O3S. The standard InChI is InChI=1S/C17H18N4O3S/c22-16(14-10-13(20-24-14)11-4-2-1-3-5-11)21-8-6-12(7-9-21)15-18-19-17(25)23-15/h1-5,12,14H,6-10H2,(H,19,25). The van der Waals surface area contributed by atoms with Gasteiger partial charge in [-0.25, -0.2) is 5.10 Å². The van der Waals surface area contributed by atoms with Gasteiger partial charge in [0.2, 0.25) is 12.0 Å². The lowest BCUT2D eigenvalue weighted by Crippen LogP contribution is -2.43. The second kappa shape index (κ2) is 6.79. The van der Waals surface area contributed by atoms with E-state index in [0.29, 0.717) is 30.2 Å². The average molecular weight is 358 g/mol. The molecule has 25 heavy (non-hydrogen) atoms. The van der Waals surface area contributed by atoms with Crippen molar-refractivity contribution in [2.45, 2.75) is 31.3 Å². The van der Waals surface area contributed by atoms with Gasteiger partial charge < -0.3 is 14.2 Å². The number of carbonyl (C=O) groups is 1. The number of nitrogens with zero attached hydrogens (tertiary/aromatic N) is 3. The highest BCUT2D eigenvalue weighted by molar-refractivity contribution is 7.71. The highest BCUT2D eigenvalue weighted by Crippen LogP contribution is 2.28. The van der Waals surface area contributed by atoms with E-state index in [-0.39, 0.29) is 11.8 Å². The van der Waals surface area contributed by atoms with Crippen molar-refractivity contribution in [2.75, 3.05) is 13.1 Å². The molecule has 1 saturated heterocycles. The number of nitrogens with one attached hydrogen (secondary N) is 1. The molecule has 1 aromatic heterocycles. The third kappa shape index (κ3) is 3.34. The number of oxime groups is 1. The SMILES string of the molecule is O=C(C1CC(c2ccccc2)=NO1)N1CCC(c2n[nH]c(=S)o2)CC1. The Labute approximate surface area is 149 Å². The zero-order chi connectivity index (χ0) is 17.2. The molecular weight excluding hydrogens is 340 g/mol. The van der Waals surface area contributed by atoms with Crippen LogP contribution in [0.4, 0.5) is 0 Å². The van der Waals surface area contributed by atoms with E-state index in [9.17, 15) is 4.79 Å². The Morgan fingerprint density at radius 2 is 2.00 bits per heavy atom. The van der Waals surface area contributed by atoms with Crippen molar-refractivity contribution < 1.29 is 14.0 Å². The Morgan fingerprint density at radius 1 is 1.24 bits per heavy atom. The van der Waals surface area contributed by atoms with E-state index in [1.165, 1.54) is 0 Å². The van der Waals surface area contributed by atoms with Gasteiger partial charge in [-0.05, 0) is 30.6 Å². The summed E-state index contributed by atoms with van der Waals surface area (Å²) in [6, 6.07) is 9.80. The summed E-state index contributed by atoms with van der Waals surface area (Å²) in [5.41, 5.74) is 1.82. The smallest absolute Gasteiger partial charge is 0.284 e. The van der Waals surface area contributed by atoms with E-state index in [4.69, 9.17) is 21.5 Å². The van der Waals surface area contributed by atoms with Crippen LogP contribution in [-0.4, -0.2) is 45.9 Å². The summed E-state index contributed by atoms with van der Waals surface area (Å²) in [6.45, 7) is 1.30. The summed E-state index contributed by atoms with van der Waals surface area (Å²) in [6.07, 6.45) is 1.58. The van der Waals surface area contributed by atoms with Gasteiger partial charge in [-0.3, -0.25) is 4.79 Å². The van der Waals surface area contributed by atoms with Crippen molar-refractivity contribution in [3.63, 3.8) is 0 Å². The molecule has 2 aliphatic heterocycles. The molecule has 8 heteroatoms. The molecule has 0 bridgehead atoms. The first-order valence-corrected chi connectivity index (χ1v) is 8.74. The molecule has 1 N–H and O–H groups in total. The van der Waals surface area contributed by atoms with Crippen LogP contribution in [0.5, 0.6) is 0 Å². The van der Waals surface area contributed by atoms with Crippen molar-refractivity contribution >= 4 is 23.8 Å². The van der Waals surface area contributed by atoms with Crippen LogP contribution >= 0.6 is 12.2 Å². The summed E-state index contributed by atoms with van der Waals surface area (Å²) in [4.78, 5) is 20.2. The first kappa shape index (κ1) is 16.0. The van der Waals surface area contributed by atoms with Crippen LogP contribution < -0.4 is 0 Å². The summed E-state index contributed by atoms with van der Waals surface area (Å²) >= 11 is 4.91. The first-order valence-electron chi connectivity index (χ1n) is 8.33. The summed E-state index contributed by atoms with van der Waals surface area (Å²) < 4.78 is 5.38. The van der Waals surface area contributed by atoms with Gasteiger partial charge in [0.15, 0.2) is 0 Å². The molecule has 2 aromatic rings. The maximum Gasteiger partial charge on any atom is 0.284 e. The van der Waals surface area contributed by atoms with Crippen LogP contribution in [0, 0.1) is 4.84 Å². The predicted molar refractivity (Wildman–Crippen MR) is 92.7 cm³/mol. The topological polar surface area (TPSA) is 83.7 Å².